The molecule has 1 unspecified atom stereocenters. The fourth-order valence-corrected chi connectivity index (χ4v) is 2.25. The summed E-state index contributed by atoms with van der Waals surface area (Å²) < 4.78 is 29.5. The molecule has 17 heavy (non-hydrogen) atoms. The van der Waals surface area contributed by atoms with Crippen LogP contribution < -0.4 is 5.14 Å². The molecule has 0 bridgehead atoms. The van der Waals surface area contributed by atoms with Gasteiger partial charge in [-0.1, -0.05) is 6.92 Å². The van der Waals surface area contributed by atoms with Crippen LogP contribution in [0.2, 0.25) is 0 Å². The number of ether oxygens (including phenoxy) is 1. The summed E-state index contributed by atoms with van der Waals surface area (Å²) in [5, 5.41) is 12.4. The van der Waals surface area contributed by atoms with Crippen molar-refractivity contribution in [1.82, 2.24) is 14.8 Å². The highest BCUT2D eigenvalue weighted by molar-refractivity contribution is 7.89. The lowest BCUT2D eigenvalue weighted by molar-refractivity contribution is -0.0124. The Bertz CT molecular complexity index is 490. The third kappa shape index (κ3) is 2.48. The summed E-state index contributed by atoms with van der Waals surface area (Å²) in [6.07, 6.45) is 0.645. The van der Waals surface area contributed by atoms with E-state index in [4.69, 9.17) is 9.88 Å². The van der Waals surface area contributed by atoms with Gasteiger partial charge >= 0.3 is 0 Å². The normalized spacial score (nSPS) is 15.8. The number of hydrogen-bond acceptors (Lipinski definition) is 5. The van der Waals surface area contributed by atoms with Crippen LogP contribution in [0.15, 0.2) is 5.16 Å². The van der Waals surface area contributed by atoms with Gasteiger partial charge in [-0.3, -0.25) is 4.57 Å². The number of rotatable bonds is 5. The van der Waals surface area contributed by atoms with Crippen molar-refractivity contribution in [3.05, 3.63) is 5.82 Å². The maximum absolute atomic E-state index is 11.3. The van der Waals surface area contributed by atoms with E-state index in [9.17, 15) is 8.42 Å². The van der Waals surface area contributed by atoms with Crippen molar-refractivity contribution < 1.29 is 13.2 Å². The van der Waals surface area contributed by atoms with E-state index < -0.39 is 15.6 Å². The minimum absolute atomic E-state index is 0.230. The number of primary sulfonamides is 1. The highest BCUT2D eigenvalue weighted by Gasteiger charge is 2.33. The SMILES string of the molecule is CCn1c(C(C)(CC)OC)nnc1S(N)(=O)=O. The molecule has 1 aromatic heterocycles. The van der Waals surface area contributed by atoms with Crippen molar-refractivity contribution in [2.75, 3.05) is 7.11 Å². The average Bonchev–Trinajstić information content (AvgIpc) is 2.71. The zero-order valence-corrected chi connectivity index (χ0v) is 11.3. The lowest BCUT2D eigenvalue weighted by atomic mass is 10.0. The molecule has 7 nitrogen and oxygen atoms in total. The summed E-state index contributed by atoms with van der Waals surface area (Å²) in [4.78, 5) is 0. The topological polar surface area (TPSA) is 100 Å². The zero-order valence-electron chi connectivity index (χ0n) is 10.5. The van der Waals surface area contributed by atoms with E-state index in [-0.39, 0.29) is 5.16 Å². The van der Waals surface area contributed by atoms with Gasteiger partial charge in [0.1, 0.15) is 5.60 Å². The molecule has 0 aromatic carbocycles. The van der Waals surface area contributed by atoms with Crippen molar-refractivity contribution in [2.45, 2.75) is 44.5 Å². The van der Waals surface area contributed by atoms with Crippen LogP contribution >= 0.6 is 0 Å². The number of nitrogens with two attached hydrogens (primary N) is 1. The number of aromatic nitrogens is 3. The van der Waals surface area contributed by atoms with Gasteiger partial charge in [-0.2, -0.15) is 0 Å². The Morgan fingerprint density at radius 1 is 1.41 bits per heavy atom. The summed E-state index contributed by atoms with van der Waals surface area (Å²) in [6.45, 7) is 5.96. The fourth-order valence-electron chi connectivity index (χ4n) is 1.57. The van der Waals surface area contributed by atoms with Crippen molar-refractivity contribution in [1.29, 1.82) is 0 Å². The second kappa shape index (κ2) is 4.71. The first-order chi connectivity index (χ1) is 7.80. The van der Waals surface area contributed by atoms with Crippen LogP contribution in [0.5, 0.6) is 0 Å². The van der Waals surface area contributed by atoms with E-state index in [2.05, 4.69) is 10.2 Å². The Hall–Kier alpha value is -0.990. The van der Waals surface area contributed by atoms with Crippen LogP contribution in [-0.2, 0) is 26.9 Å². The summed E-state index contributed by atoms with van der Waals surface area (Å²) in [5.74, 6) is 0.467. The first kappa shape index (κ1) is 14.1. The van der Waals surface area contributed by atoms with Gasteiger partial charge in [0.2, 0.25) is 0 Å². The monoisotopic (exact) mass is 262 g/mol. The second-order valence-corrected chi connectivity index (χ2v) is 5.34. The molecule has 0 radical (unpaired) electrons. The molecule has 0 spiro atoms. The predicted octanol–water partition coefficient (Wildman–Crippen LogP) is 0.217. The largest absolute Gasteiger partial charge is 0.371 e. The van der Waals surface area contributed by atoms with Crippen LogP contribution in [0, 0.1) is 0 Å². The Kier molecular flexibility index (Phi) is 3.90. The van der Waals surface area contributed by atoms with Crippen LogP contribution in [0.4, 0.5) is 0 Å². The van der Waals surface area contributed by atoms with Gasteiger partial charge in [0.05, 0.1) is 0 Å². The fraction of sp³-hybridized carbons (Fsp3) is 0.778. The summed E-state index contributed by atoms with van der Waals surface area (Å²) >= 11 is 0. The van der Waals surface area contributed by atoms with Gasteiger partial charge in [0.25, 0.3) is 15.2 Å². The molecule has 98 valence electrons. The smallest absolute Gasteiger partial charge is 0.273 e. The quantitative estimate of drug-likeness (QED) is 0.818. The van der Waals surface area contributed by atoms with E-state index in [0.717, 1.165) is 0 Å². The minimum Gasteiger partial charge on any atom is -0.371 e. The molecule has 0 aliphatic heterocycles. The molecule has 2 N–H and O–H groups in total. The van der Waals surface area contributed by atoms with Crippen molar-refractivity contribution in [3.63, 3.8) is 0 Å². The van der Waals surface area contributed by atoms with Crippen LogP contribution in [0.3, 0.4) is 0 Å². The minimum atomic E-state index is -3.87. The van der Waals surface area contributed by atoms with Gasteiger partial charge in [-0.15, -0.1) is 10.2 Å². The summed E-state index contributed by atoms with van der Waals surface area (Å²) in [6, 6.07) is 0. The van der Waals surface area contributed by atoms with Crippen LogP contribution in [0.1, 0.15) is 33.0 Å². The van der Waals surface area contributed by atoms with E-state index in [1.165, 1.54) is 4.57 Å². The van der Waals surface area contributed by atoms with Crippen LogP contribution in [0.25, 0.3) is 0 Å². The Morgan fingerprint density at radius 2 is 2.00 bits per heavy atom. The van der Waals surface area contributed by atoms with Gasteiger partial charge in [0.15, 0.2) is 5.82 Å². The molecular formula is C9H18N4O3S. The third-order valence-corrected chi connectivity index (χ3v) is 3.70. The molecular weight excluding hydrogens is 244 g/mol. The number of hydrogen-bond donors (Lipinski definition) is 1. The molecule has 1 heterocycles. The third-order valence-electron chi connectivity index (χ3n) is 2.89. The zero-order chi connectivity index (χ0) is 13.3. The van der Waals surface area contributed by atoms with E-state index in [1.54, 1.807) is 14.0 Å². The standard InChI is InChI=1S/C9H18N4O3S/c1-5-9(3,16-4)7-11-12-8(13(7)6-2)17(10,14)15/h5-6H2,1-4H3,(H2,10,14,15). The van der Waals surface area contributed by atoms with Gasteiger partial charge in [0, 0.05) is 13.7 Å². The molecule has 0 fully saturated rings. The maximum Gasteiger partial charge on any atom is 0.273 e. The molecule has 0 aliphatic rings. The van der Waals surface area contributed by atoms with E-state index in [0.29, 0.717) is 18.8 Å². The summed E-state index contributed by atoms with van der Waals surface area (Å²) in [7, 11) is -2.32. The highest BCUT2D eigenvalue weighted by Crippen LogP contribution is 2.27. The van der Waals surface area contributed by atoms with Gasteiger partial charge in [-0.05, 0) is 20.3 Å². The highest BCUT2D eigenvalue weighted by atomic mass is 32.2. The second-order valence-electron chi connectivity index (χ2n) is 3.88. The van der Waals surface area contributed by atoms with Crippen molar-refractivity contribution in [3.8, 4) is 0 Å². The lowest BCUT2D eigenvalue weighted by Crippen LogP contribution is -2.29. The van der Waals surface area contributed by atoms with Gasteiger partial charge < -0.3 is 4.74 Å². The molecule has 0 saturated heterocycles. The Morgan fingerprint density at radius 3 is 2.35 bits per heavy atom. The Balaban J connectivity index is 3.43. The molecule has 0 saturated carbocycles. The first-order valence-electron chi connectivity index (χ1n) is 5.31. The predicted molar refractivity (Wildman–Crippen MR) is 61.7 cm³/mol. The number of methoxy groups -OCH3 is 1. The Labute approximate surface area is 101 Å². The molecule has 1 aromatic rings. The number of nitrogens with zero attached hydrogens (tertiary/aromatic N) is 3. The van der Waals surface area contributed by atoms with Crippen molar-refractivity contribution in [2.24, 2.45) is 5.14 Å². The molecule has 0 aliphatic carbocycles. The first-order valence-corrected chi connectivity index (χ1v) is 6.86. The van der Waals surface area contributed by atoms with Gasteiger partial charge in [-0.25, -0.2) is 13.6 Å². The van der Waals surface area contributed by atoms with Crippen LogP contribution in [-0.4, -0.2) is 30.3 Å². The van der Waals surface area contributed by atoms with Crippen molar-refractivity contribution >= 4 is 10.0 Å². The maximum atomic E-state index is 11.3. The molecule has 0 amide bonds. The lowest BCUT2D eigenvalue weighted by Gasteiger charge is -2.25. The molecule has 1 rings (SSSR count). The number of sulfonamides is 1. The van der Waals surface area contributed by atoms with E-state index in [1.807, 2.05) is 13.8 Å². The van der Waals surface area contributed by atoms with E-state index >= 15 is 0 Å². The summed E-state index contributed by atoms with van der Waals surface area (Å²) in [5.41, 5.74) is -0.675. The average molecular weight is 262 g/mol. The molecule has 1 atom stereocenters. The molecule has 8 heteroatoms.